The molecule has 14 heavy (non-hydrogen) atoms. The van der Waals surface area contributed by atoms with Crippen LogP contribution in [-0.2, 0) is 11.2 Å². The maximum absolute atomic E-state index is 5.42. The fraction of sp³-hybridized carbons (Fsp3) is 0.500. The maximum Gasteiger partial charge on any atom is 0.0623 e. The molecule has 2 heteroatoms. The second-order valence-electron chi connectivity index (χ2n) is 3.92. The summed E-state index contributed by atoms with van der Waals surface area (Å²) in [5, 5.41) is 3.46. The van der Waals surface area contributed by atoms with E-state index in [1.54, 1.807) is 0 Å². The predicted octanol–water partition coefficient (Wildman–Crippen LogP) is 1.53. The lowest BCUT2D eigenvalue weighted by molar-refractivity contribution is 0.0770. The van der Waals surface area contributed by atoms with Gasteiger partial charge in [0.25, 0.3) is 0 Å². The number of morpholine rings is 1. The Kier molecular flexibility index (Phi) is 3.17. The van der Waals surface area contributed by atoms with Crippen molar-refractivity contribution < 1.29 is 4.74 Å². The van der Waals surface area contributed by atoms with Crippen LogP contribution in [0.1, 0.15) is 11.1 Å². The number of nitrogens with one attached hydrogen (secondary N) is 1. The molecule has 1 saturated heterocycles. The topological polar surface area (TPSA) is 21.3 Å². The Morgan fingerprint density at radius 3 is 2.79 bits per heavy atom. The fourth-order valence-electron chi connectivity index (χ4n) is 1.76. The highest BCUT2D eigenvalue weighted by Gasteiger charge is 2.12. The smallest absolute Gasteiger partial charge is 0.0623 e. The van der Waals surface area contributed by atoms with E-state index in [2.05, 4.69) is 36.5 Å². The van der Waals surface area contributed by atoms with Gasteiger partial charge in [-0.1, -0.05) is 29.8 Å². The van der Waals surface area contributed by atoms with E-state index in [4.69, 9.17) is 4.74 Å². The molecule has 2 nitrogen and oxygen atoms in total. The zero-order valence-electron chi connectivity index (χ0n) is 8.62. The van der Waals surface area contributed by atoms with E-state index in [0.717, 1.165) is 26.2 Å². The van der Waals surface area contributed by atoms with E-state index < -0.39 is 0 Å². The van der Waals surface area contributed by atoms with Crippen LogP contribution in [0.15, 0.2) is 24.3 Å². The lowest BCUT2D eigenvalue weighted by Crippen LogP contribution is -2.42. The second-order valence-corrected chi connectivity index (χ2v) is 3.92. The highest BCUT2D eigenvalue weighted by molar-refractivity contribution is 5.22. The van der Waals surface area contributed by atoms with Crippen molar-refractivity contribution in [2.45, 2.75) is 19.4 Å². The van der Waals surface area contributed by atoms with Crippen molar-refractivity contribution in [2.75, 3.05) is 19.8 Å². The third kappa shape index (κ3) is 2.56. The minimum absolute atomic E-state index is 0.492. The number of rotatable bonds is 2. The standard InChI is InChI=1S/C12H17NO/c1-10-2-4-11(5-3-10)8-12-9-14-7-6-13-12/h2-5,12-13H,6-9H2,1H3. The third-order valence-corrected chi connectivity index (χ3v) is 2.60. The van der Waals surface area contributed by atoms with Gasteiger partial charge in [-0.15, -0.1) is 0 Å². The van der Waals surface area contributed by atoms with Crippen LogP contribution in [0.3, 0.4) is 0 Å². The van der Waals surface area contributed by atoms with Gasteiger partial charge in [0.05, 0.1) is 13.2 Å². The Bertz CT molecular complexity index is 275. The van der Waals surface area contributed by atoms with Crippen molar-refractivity contribution in [3.63, 3.8) is 0 Å². The zero-order chi connectivity index (χ0) is 9.80. The van der Waals surface area contributed by atoms with Gasteiger partial charge in [-0.2, -0.15) is 0 Å². The van der Waals surface area contributed by atoms with Gasteiger partial charge in [-0.05, 0) is 18.9 Å². The number of ether oxygens (including phenoxy) is 1. The van der Waals surface area contributed by atoms with Crippen molar-refractivity contribution in [3.05, 3.63) is 35.4 Å². The van der Waals surface area contributed by atoms with Crippen LogP contribution in [0.25, 0.3) is 0 Å². The third-order valence-electron chi connectivity index (χ3n) is 2.60. The van der Waals surface area contributed by atoms with Gasteiger partial charge in [0.2, 0.25) is 0 Å². The van der Waals surface area contributed by atoms with Gasteiger partial charge in [0, 0.05) is 12.6 Å². The summed E-state index contributed by atoms with van der Waals surface area (Å²) in [5.74, 6) is 0. The Morgan fingerprint density at radius 1 is 1.36 bits per heavy atom. The van der Waals surface area contributed by atoms with Crippen LogP contribution in [0.5, 0.6) is 0 Å². The molecule has 0 spiro atoms. The number of aryl methyl sites for hydroxylation is 1. The van der Waals surface area contributed by atoms with Crippen LogP contribution >= 0.6 is 0 Å². The first kappa shape index (κ1) is 9.69. The van der Waals surface area contributed by atoms with Crippen LogP contribution in [-0.4, -0.2) is 25.8 Å². The van der Waals surface area contributed by atoms with Crippen LogP contribution < -0.4 is 5.32 Å². The van der Waals surface area contributed by atoms with Gasteiger partial charge in [0.15, 0.2) is 0 Å². The van der Waals surface area contributed by atoms with Crippen molar-refractivity contribution in [2.24, 2.45) is 0 Å². The normalized spacial score (nSPS) is 22.2. The summed E-state index contributed by atoms with van der Waals surface area (Å²) < 4.78 is 5.42. The average Bonchev–Trinajstić information content (AvgIpc) is 2.23. The molecule has 1 N–H and O–H groups in total. The lowest BCUT2D eigenvalue weighted by atomic mass is 10.0. The minimum Gasteiger partial charge on any atom is -0.379 e. The summed E-state index contributed by atoms with van der Waals surface area (Å²) in [5.41, 5.74) is 2.71. The minimum atomic E-state index is 0.492. The first-order valence-electron chi connectivity index (χ1n) is 5.21. The maximum atomic E-state index is 5.42. The molecule has 0 radical (unpaired) electrons. The number of hydrogen-bond donors (Lipinski definition) is 1. The molecular formula is C12H17NO. The first-order valence-corrected chi connectivity index (χ1v) is 5.21. The lowest BCUT2D eigenvalue weighted by Gasteiger charge is -2.23. The monoisotopic (exact) mass is 191 g/mol. The largest absolute Gasteiger partial charge is 0.379 e. The van der Waals surface area contributed by atoms with Gasteiger partial charge in [-0.25, -0.2) is 0 Å². The summed E-state index contributed by atoms with van der Waals surface area (Å²) in [6, 6.07) is 9.22. The van der Waals surface area contributed by atoms with Gasteiger partial charge < -0.3 is 10.1 Å². The zero-order valence-corrected chi connectivity index (χ0v) is 8.62. The first-order chi connectivity index (χ1) is 6.84. The van der Waals surface area contributed by atoms with E-state index in [9.17, 15) is 0 Å². The molecule has 1 atom stereocenters. The summed E-state index contributed by atoms with van der Waals surface area (Å²) in [6.45, 7) is 4.79. The quantitative estimate of drug-likeness (QED) is 0.765. The number of benzene rings is 1. The van der Waals surface area contributed by atoms with Crippen LogP contribution in [0, 0.1) is 6.92 Å². The summed E-state index contributed by atoms with van der Waals surface area (Å²) in [6.07, 6.45) is 1.07. The van der Waals surface area contributed by atoms with Crippen molar-refractivity contribution in [1.29, 1.82) is 0 Å². The Morgan fingerprint density at radius 2 is 2.14 bits per heavy atom. The Labute approximate surface area is 85.3 Å². The second kappa shape index (κ2) is 4.58. The summed E-state index contributed by atoms with van der Waals surface area (Å²) >= 11 is 0. The molecule has 1 heterocycles. The highest BCUT2D eigenvalue weighted by atomic mass is 16.5. The molecule has 1 unspecified atom stereocenters. The fourth-order valence-corrected chi connectivity index (χ4v) is 1.76. The molecule has 0 aliphatic carbocycles. The Hall–Kier alpha value is -0.860. The van der Waals surface area contributed by atoms with E-state index >= 15 is 0 Å². The van der Waals surface area contributed by atoms with Gasteiger partial charge in [-0.3, -0.25) is 0 Å². The average molecular weight is 191 g/mol. The molecular weight excluding hydrogens is 174 g/mol. The van der Waals surface area contributed by atoms with E-state index in [0.29, 0.717) is 6.04 Å². The van der Waals surface area contributed by atoms with Crippen molar-refractivity contribution in [1.82, 2.24) is 5.32 Å². The summed E-state index contributed by atoms with van der Waals surface area (Å²) in [7, 11) is 0. The van der Waals surface area contributed by atoms with Gasteiger partial charge in [0.1, 0.15) is 0 Å². The van der Waals surface area contributed by atoms with E-state index in [-0.39, 0.29) is 0 Å². The Balaban J connectivity index is 1.92. The van der Waals surface area contributed by atoms with Crippen molar-refractivity contribution >= 4 is 0 Å². The molecule has 0 amide bonds. The summed E-state index contributed by atoms with van der Waals surface area (Å²) in [4.78, 5) is 0. The molecule has 1 aliphatic rings. The molecule has 1 aliphatic heterocycles. The molecule has 0 aromatic heterocycles. The van der Waals surface area contributed by atoms with Crippen LogP contribution in [0.4, 0.5) is 0 Å². The molecule has 0 bridgehead atoms. The molecule has 1 aromatic rings. The molecule has 1 fully saturated rings. The molecule has 2 rings (SSSR count). The predicted molar refractivity (Wildman–Crippen MR) is 57.5 cm³/mol. The SMILES string of the molecule is Cc1ccc(CC2COCCN2)cc1. The van der Waals surface area contributed by atoms with E-state index in [1.165, 1.54) is 11.1 Å². The highest BCUT2D eigenvalue weighted by Crippen LogP contribution is 2.07. The van der Waals surface area contributed by atoms with E-state index in [1.807, 2.05) is 0 Å². The molecule has 1 aromatic carbocycles. The van der Waals surface area contributed by atoms with Gasteiger partial charge >= 0.3 is 0 Å². The molecule has 76 valence electrons. The molecule has 0 saturated carbocycles. The number of hydrogen-bond acceptors (Lipinski definition) is 2. The van der Waals surface area contributed by atoms with Crippen LogP contribution in [0.2, 0.25) is 0 Å². The van der Waals surface area contributed by atoms with Crippen molar-refractivity contribution in [3.8, 4) is 0 Å².